The molecule has 0 N–H and O–H groups in total. The van der Waals surface area contributed by atoms with Gasteiger partial charge in [0.25, 0.3) is 0 Å². The molecule has 1 aromatic rings. The maximum absolute atomic E-state index is 12.6. The first-order valence-corrected chi connectivity index (χ1v) is 4.74. The number of benzene rings is 1. The van der Waals surface area contributed by atoms with E-state index in [0.717, 1.165) is 12.1 Å². The highest BCUT2D eigenvalue weighted by Gasteiger charge is 2.38. The molecule has 2 nitrogen and oxygen atoms in total. The molecule has 0 unspecified atom stereocenters. The highest BCUT2D eigenvalue weighted by molar-refractivity contribution is 5.48. The summed E-state index contributed by atoms with van der Waals surface area (Å²) in [7, 11) is 0. The smallest absolute Gasteiger partial charge is 0.489 e. The normalized spacial score (nSPS) is 12.4. The van der Waals surface area contributed by atoms with Crippen molar-refractivity contribution in [1.29, 1.82) is 0 Å². The largest absolute Gasteiger partial charge is 0.573 e. The van der Waals surface area contributed by atoms with Crippen LogP contribution in [0.3, 0.4) is 0 Å². The molecule has 0 aliphatic heterocycles. The first-order valence-electron chi connectivity index (χ1n) is 4.74. The van der Waals surface area contributed by atoms with Crippen LogP contribution in [0.2, 0.25) is 0 Å². The molecule has 0 radical (unpaired) electrons. The lowest BCUT2D eigenvalue weighted by Crippen LogP contribution is -2.19. The summed E-state index contributed by atoms with van der Waals surface area (Å²) in [5, 5.41) is 0. The third kappa shape index (κ3) is 3.71. The van der Waals surface area contributed by atoms with Crippen LogP contribution in [-0.4, -0.2) is 13.0 Å². The summed E-state index contributed by atoms with van der Waals surface area (Å²) in [6.45, 7) is 1.13. The number of hydrogen-bond acceptors (Lipinski definition) is 2. The molecule has 0 atom stereocenters. The molecule has 1 rings (SSSR count). The lowest BCUT2D eigenvalue weighted by Gasteiger charge is -2.17. The summed E-state index contributed by atoms with van der Waals surface area (Å²) in [6.07, 6.45) is -9.91. The molecule has 18 heavy (non-hydrogen) atoms. The number of para-hydroxylation sites is 1. The molecular formula is C10H8F6O2. The fourth-order valence-corrected chi connectivity index (χ4v) is 1.24. The number of hydrogen-bond donors (Lipinski definition) is 0. The van der Waals surface area contributed by atoms with Gasteiger partial charge in [0.05, 0.1) is 6.61 Å². The van der Waals surface area contributed by atoms with Crippen molar-refractivity contribution in [2.75, 3.05) is 6.61 Å². The zero-order valence-electron chi connectivity index (χ0n) is 9.02. The van der Waals surface area contributed by atoms with Gasteiger partial charge in [-0.05, 0) is 19.1 Å². The van der Waals surface area contributed by atoms with Gasteiger partial charge >= 0.3 is 12.5 Å². The molecule has 0 amide bonds. The molecule has 0 aromatic heterocycles. The topological polar surface area (TPSA) is 18.5 Å². The molecule has 0 aliphatic carbocycles. The van der Waals surface area contributed by atoms with Crippen LogP contribution in [-0.2, 0) is 6.18 Å². The quantitative estimate of drug-likeness (QED) is 0.775. The van der Waals surface area contributed by atoms with Gasteiger partial charge in [0.15, 0.2) is 11.5 Å². The molecule has 102 valence electrons. The second-order valence-corrected chi connectivity index (χ2v) is 3.11. The molecule has 1 aromatic carbocycles. The van der Waals surface area contributed by atoms with E-state index < -0.39 is 29.6 Å². The van der Waals surface area contributed by atoms with E-state index >= 15 is 0 Å². The van der Waals surface area contributed by atoms with Crippen LogP contribution in [0.15, 0.2) is 18.2 Å². The second kappa shape index (κ2) is 4.95. The van der Waals surface area contributed by atoms with E-state index in [4.69, 9.17) is 0 Å². The molecule has 0 saturated carbocycles. The van der Waals surface area contributed by atoms with Crippen molar-refractivity contribution in [3.05, 3.63) is 23.8 Å². The van der Waals surface area contributed by atoms with Gasteiger partial charge in [-0.15, -0.1) is 13.2 Å². The Kier molecular flexibility index (Phi) is 3.98. The zero-order chi connectivity index (χ0) is 14.0. The Morgan fingerprint density at radius 2 is 1.67 bits per heavy atom. The van der Waals surface area contributed by atoms with Crippen molar-refractivity contribution in [3.63, 3.8) is 0 Å². The second-order valence-electron chi connectivity index (χ2n) is 3.11. The number of ether oxygens (including phenoxy) is 2. The van der Waals surface area contributed by atoms with E-state index in [1.165, 1.54) is 6.92 Å². The van der Waals surface area contributed by atoms with Gasteiger partial charge in [0, 0.05) is 0 Å². The van der Waals surface area contributed by atoms with Crippen LogP contribution in [0.1, 0.15) is 12.5 Å². The Morgan fingerprint density at radius 1 is 1.06 bits per heavy atom. The minimum absolute atomic E-state index is 0.221. The minimum Gasteiger partial charge on any atom is -0.489 e. The van der Waals surface area contributed by atoms with E-state index in [1.54, 1.807) is 0 Å². The SMILES string of the molecule is CCOc1c(OC(F)(F)F)cccc1C(F)(F)F. The van der Waals surface area contributed by atoms with Crippen molar-refractivity contribution in [3.8, 4) is 11.5 Å². The lowest BCUT2D eigenvalue weighted by atomic mass is 10.2. The summed E-state index contributed by atoms with van der Waals surface area (Å²) in [5.41, 5.74) is -1.31. The minimum atomic E-state index is -5.09. The van der Waals surface area contributed by atoms with E-state index in [-0.39, 0.29) is 6.61 Å². The third-order valence-electron chi connectivity index (χ3n) is 1.80. The predicted octanol–water partition coefficient (Wildman–Crippen LogP) is 4.00. The molecular weight excluding hydrogens is 266 g/mol. The fraction of sp³-hybridized carbons (Fsp3) is 0.400. The van der Waals surface area contributed by atoms with Crippen molar-refractivity contribution in [1.82, 2.24) is 0 Å². The maximum Gasteiger partial charge on any atom is 0.573 e. The monoisotopic (exact) mass is 274 g/mol. The highest BCUT2D eigenvalue weighted by atomic mass is 19.4. The zero-order valence-corrected chi connectivity index (χ0v) is 9.02. The molecule has 0 heterocycles. The molecule has 0 aliphatic rings. The molecule has 0 bridgehead atoms. The van der Waals surface area contributed by atoms with Crippen LogP contribution in [0, 0.1) is 0 Å². The van der Waals surface area contributed by atoms with Crippen molar-refractivity contribution >= 4 is 0 Å². The Labute approximate surface area is 98.1 Å². The fourth-order valence-electron chi connectivity index (χ4n) is 1.24. The van der Waals surface area contributed by atoms with Crippen LogP contribution >= 0.6 is 0 Å². The first-order chi connectivity index (χ1) is 8.15. The van der Waals surface area contributed by atoms with E-state index in [1.807, 2.05) is 0 Å². The highest BCUT2D eigenvalue weighted by Crippen LogP contribution is 2.43. The van der Waals surface area contributed by atoms with Crippen LogP contribution in [0.25, 0.3) is 0 Å². The summed E-state index contributed by atoms with van der Waals surface area (Å²) < 4.78 is 81.9. The van der Waals surface area contributed by atoms with Gasteiger partial charge in [-0.25, -0.2) is 0 Å². The van der Waals surface area contributed by atoms with Gasteiger partial charge < -0.3 is 9.47 Å². The Bertz CT molecular complexity index is 410. The summed E-state index contributed by atoms with van der Waals surface area (Å²) in [6, 6.07) is 2.19. The average Bonchev–Trinajstić information content (AvgIpc) is 2.17. The van der Waals surface area contributed by atoms with Gasteiger partial charge in [0.2, 0.25) is 0 Å². The first kappa shape index (κ1) is 14.5. The van der Waals surface area contributed by atoms with Crippen LogP contribution in [0.5, 0.6) is 11.5 Å². The Balaban J connectivity index is 3.26. The lowest BCUT2D eigenvalue weighted by molar-refractivity contribution is -0.275. The molecule has 0 spiro atoms. The van der Waals surface area contributed by atoms with Crippen molar-refractivity contribution < 1.29 is 35.8 Å². The number of halogens is 6. The van der Waals surface area contributed by atoms with Gasteiger partial charge in [-0.2, -0.15) is 13.2 Å². The predicted molar refractivity (Wildman–Crippen MR) is 49.3 cm³/mol. The maximum atomic E-state index is 12.6. The van der Waals surface area contributed by atoms with E-state index in [9.17, 15) is 26.3 Å². The summed E-state index contributed by atoms with van der Waals surface area (Å²) in [5.74, 6) is -1.98. The van der Waals surface area contributed by atoms with E-state index in [0.29, 0.717) is 6.07 Å². The standard InChI is InChI=1S/C10H8F6O2/c1-2-17-8-6(9(11,12)13)4-3-5-7(8)18-10(14,15)16/h3-5H,2H2,1H3. The third-order valence-corrected chi connectivity index (χ3v) is 1.80. The number of alkyl halides is 6. The number of rotatable bonds is 3. The Hall–Kier alpha value is -1.60. The molecule has 8 heteroatoms. The van der Waals surface area contributed by atoms with Gasteiger partial charge in [-0.3, -0.25) is 0 Å². The Morgan fingerprint density at radius 3 is 2.11 bits per heavy atom. The van der Waals surface area contributed by atoms with Crippen LogP contribution < -0.4 is 9.47 Å². The summed E-state index contributed by atoms with van der Waals surface area (Å²) >= 11 is 0. The average molecular weight is 274 g/mol. The van der Waals surface area contributed by atoms with Crippen molar-refractivity contribution in [2.45, 2.75) is 19.5 Å². The van der Waals surface area contributed by atoms with Crippen LogP contribution in [0.4, 0.5) is 26.3 Å². The van der Waals surface area contributed by atoms with Crippen molar-refractivity contribution in [2.24, 2.45) is 0 Å². The van der Waals surface area contributed by atoms with E-state index in [2.05, 4.69) is 9.47 Å². The van der Waals surface area contributed by atoms with Gasteiger partial charge in [0.1, 0.15) is 5.56 Å². The molecule has 0 fully saturated rings. The van der Waals surface area contributed by atoms with Gasteiger partial charge in [-0.1, -0.05) is 6.07 Å². The summed E-state index contributed by atoms with van der Waals surface area (Å²) in [4.78, 5) is 0. The molecule has 0 saturated heterocycles.